The molecule has 3 rings (SSSR count). The van der Waals surface area contributed by atoms with E-state index in [1.54, 1.807) is 0 Å². The van der Waals surface area contributed by atoms with Crippen LogP contribution in [0.4, 0.5) is 4.79 Å². The van der Waals surface area contributed by atoms with Crippen molar-refractivity contribution >= 4 is 6.09 Å². The first-order chi connectivity index (χ1) is 11.6. The number of amides is 1. The van der Waals surface area contributed by atoms with Gasteiger partial charge in [-0.3, -0.25) is 4.90 Å². The fraction of sp³-hybridized carbons (Fsp3) is 0.947. The Bertz CT molecular complexity index is 421. The fourth-order valence-corrected chi connectivity index (χ4v) is 4.62. The van der Waals surface area contributed by atoms with Crippen molar-refractivity contribution in [3.63, 3.8) is 0 Å². The second-order valence-electron chi connectivity index (χ2n) is 8.05. The molecular weight excluding hydrogens is 304 g/mol. The summed E-state index contributed by atoms with van der Waals surface area (Å²) < 4.78 is 11.7. The first-order valence-corrected chi connectivity index (χ1v) is 9.91. The predicted octanol–water partition coefficient (Wildman–Crippen LogP) is 3.42. The first kappa shape index (κ1) is 18.0. The molecule has 0 saturated carbocycles. The minimum atomic E-state index is -0.105. The zero-order valence-corrected chi connectivity index (χ0v) is 15.5. The van der Waals surface area contributed by atoms with Crippen molar-refractivity contribution in [2.24, 2.45) is 0 Å². The van der Waals surface area contributed by atoms with Crippen molar-refractivity contribution in [2.75, 3.05) is 32.8 Å². The summed E-state index contributed by atoms with van der Waals surface area (Å²) in [5, 5.41) is 0. The Labute approximate surface area is 146 Å². The van der Waals surface area contributed by atoms with Gasteiger partial charge in [0, 0.05) is 24.7 Å². The summed E-state index contributed by atoms with van der Waals surface area (Å²) in [6.45, 7) is 8.41. The van der Waals surface area contributed by atoms with Crippen molar-refractivity contribution in [2.45, 2.75) is 82.9 Å². The Kier molecular flexibility index (Phi) is 6.03. The molecule has 3 aliphatic rings. The van der Waals surface area contributed by atoms with Gasteiger partial charge in [0.1, 0.15) is 6.61 Å². The number of hydrogen-bond donors (Lipinski definition) is 0. The van der Waals surface area contributed by atoms with Gasteiger partial charge in [0.25, 0.3) is 0 Å². The molecular formula is C19H34N2O3. The van der Waals surface area contributed by atoms with Gasteiger partial charge in [-0.1, -0.05) is 12.8 Å². The van der Waals surface area contributed by atoms with Crippen LogP contribution in [0.15, 0.2) is 0 Å². The lowest BCUT2D eigenvalue weighted by Crippen LogP contribution is -2.48. The van der Waals surface area contributed by atoms with Crippen LogP contribution in [0.25, 0.3) is 0 Å². The minimum absolute atomic E-state index is 0.105. The monoisotopic (exact) mass is 338 g/mol. The molecule has 0 spiro atoms. The number of likely N-dealkylation sites (tertiary alicyclic amines) is 1. The van der Waals surface area contributed by atoms with E-state index in [4.69, 9.17) is 9.47 Å². The van der Waals surface area contributed by atoms with Crippen LogP contribution in [0.2, 0.25) is 0 Å². The summed E-state index contributed by atoms with van der Waals surface area (Å²) >= 11 is 0. The summed E-state index contributed by atoms with van der Waals surface area (Å²) in [5.41, 5.74) is 0.198. The second kappa shape index (κ2) is 8.05. The highest BCUT2D eigenvalue weighted by atomic mass is 16.6. The lowest BCUT2D eigenvalue weighted by molar-refractivity contribution is -0.0126. The summed E-state index contributed by atoms with van der Waals surface area (Å²) in [4.78, 5) is 16.8. The maximum Gasteiger partial charge on any atom is 0.409 e. The van der Waals surface area contributed by atoms with Crippen LogP contribution in [-0.2, 0) is 9.47 Å². The SMILES string of the molecule is CC(C)OC[C@@]12CCCN1[C@H](COC(=O)N1CCCCCC1)CC2. The number of carbonyl (C=O) groups excluding carboxylic acids is 1. The molecule has 0 aromatic carbocycles. The summed E-state index contributed by atoms with van der Waals surface area (Å²) in [7, 11) is 0. The molecule has 5 nitrogen and oxygen atoms in total. The molecule has 0 bridgehead atoms. The third kappa shape index (κ3) is 4.05. The van der Waals surface area contributed by atoms with Gasteiger partial charge in [-0.25, -0.2) is 4.79 Å². The van der Waals surface area contributed by atoms with E-state index >= 15 is 0 Å². The van der Waals surface area contributed by atoms with E-state index in [0.717, 1.165) is 45.5 Å². The number of hydrogen-bond acceptors (Lipinski definition) is 4. The average Bonchev–Trinajstić information content (AvgIpc) is 2.98. The van der Waals surface area contributed by atoms with Gasteiger partial charge in [0.15, 0.2) is 0 Å². The minimum Gasteiger partial charge on any atom is -0.448 e. The molecule has 3 saturated heterocycles. The van der Waals surface area contributed by atoms with Crippen LogP contribution in [0, 0.1) is 0 Å². The van der Waals surface area contributed by atoms with Crippen LogP contribution in [0.5, 0.6) is 0 Å². The van der Waals surface area contributed by atoms with E-state index in [2.05, 4.69) is 18.7 Å². The maximum absolute atomic E-state index is 12.4. The maximum atomic E-state index is 12.4. The van der Waals surface area contributed by atoms with Crippen LogP contribution >= 0.6 is 0 Å². The molecule has 5 heteroatoms. The Hall–Kier alpha value is -0.810. The molecule has 0 N–H and O–H groups in total. The highest BCUT2D eigenvalue weighted by Crippen LogP contribution is 2.42. The average molecular weight is 338 g/mol. The third-order valence-corrected chi connectivity index (χ3v) is 5.98. The first-order valence-electron chi connectivity index (χ1n) is 9.91. The number of carbonyl (C=O) groups is 1. The molecule has 1 amide bonds. The highest BCUT2D eigenvalue weighted by Gasteiger charge is 2.49. The standard InChI is InChI=1S/C19H34N2O3/c1-16(2)24-15-19-9-7-13-21(19)17(8-10-19)14-23-18(22)20-11-5-3-4-6-12-20/h16-17H,3-15H2,1-2H3/t17-,19-/m0/s1. The fourth-order valence-electron chi connectivity index (χ4n) is 4.62. The van der Waals surface area contributed by atoms with Gasteiger partial charge in [0.2, 0.25) is 0 Å². The highest BCUT2D eigenvalue weighted by molar-refractivity contribution is 5.67. The molecule has 0 aromatic heterocycles. The van der Waals surface area contributed by atoms with E-state index in [1.807, 2.05) is 4.90 Å². The molecule has 0 aliphatic carbocycles. The number of nitrogens with zero attached hydrogens (tertiary/aromatic N) is 2. The van der Waals surface area contributed by atoms with Crippen LogP contribution in [0.1, 0.15) is 65.2 Å². The van der Waals surface area contributed by atoms with Crippen molar-refractivity contribution in [3.8, 4) is 0 Å². The Morgan fingerprint density at radius 3 is 2.54 bits per heavy atom. The van der Waals surface area contributed by atoms with Gasteiger partial charge in [-0.2, -0.15) is 0 Å². The van der Waals surface area contributed by atoms with Crippen LogP contribution in [-0.4, -0.2) is 66.4 Å². The third-order valence-electron chi connectivity index (χ3n) is 5.98. The van der Waals surface area contributed by atoms with Gasteiger partial charge < -0.3 is 14.4 Å². The van der Waals surface area contributed by atoms with Gasteiger partial charge in [0.05, 0.1) is 12.7 Å². The van der Waals surface area contributed by atoms with Crippen LogP contribution < -0.4 is 0 Å². The van der Waals surface area contributed by atoms with E-state index in [-0.39, 0.29) is 17.7 Å². The molecule has 3 aliphatic heterocycles. The molecule has 138 valence electrons. The number of fused-ring (bicyclic) bond motifs is 1. The summed E-state index contributed by atoms with van der Waals surface area (Å²) in [6.07, 6.45) is 9.61. The zero-order chi connectivity index (χ0) is 17.0. The predicted molar refractivity (Wildman–Crippen MR) is 94.2 cm³/mol. The molecule has 3 fully saturated rings. The second-order valence-corrected chi connectivity index (χ2v) is 8.05. The van der Waals surface area contributed by atoms with Gasteiger partial charge in [-0.05, 0) is 58.9 Å². The Morgan fingerprint density at radius 1 is 1.08 bits per heavy atom. The van der Waals surface area contributed by atoms with Crippen molar-refractivity contribution in [1.29, 1.82) is 0 Å². The summed E-state index contributed by atoms with van der Waals surface area (Å²) in [5.74, 6) is 0. The normalized spacial score (nSPS) is 31.3. The lowest BCUT2D eigenvalue weighted by atomic mass is 9.95. The van der Waals surface area contributed by atoms with Crippen molar-refractivity contribution < 1.29 is 14.3 Å². The molecule has 3 heterocycles. The molecule has 2 atom stereocenters. The summed E-state index contributed by atoms with van der Waals surface area (Å²) in [6, 6.07) is 0.374. The van der Waals surface area contributed by atoms with E-state index < -0.39 is 0 Å². The molecule has 0 radical (unpaired) electrons. The van der Waals surface area contributed by atoms with Crippen molar-refractivity contribution in [3.05, 3.63) is 0 Å². The topological polar surface area (TPSA) is 42.0 Å². The Balaban J connectivity index is 1.50. The van der Waals surface area contributed by atoms with E-state index in [0.29, 0.717) is 12.6 Å². The molecule has 24 heavy (non-hydrogen) atoms. The molecule has 0 aromatic rings. The van der Waals surface area contributed by atoms with E-state index in [9.17, 15) is 4.79 Å². The van der Waals surface area contributed by atoms with Crippen LogP contribution in [0.3, 0.4) is 0 Å². The quantitative estimate of drug-likeness (QED) is 0.770. The Morgan fingerprint density at radius 2 is 1.83 bits per heavy atom. The van der Waals surface area contributed by atoms with E-state index in [1.165, 1.54) is 32.1 Å². The lowest BCUT2D eigenvalue weighted by Gasteiger charge is -2.35. The van der Waals surface area contributed by atoms with Crippen molar-refractivity contribution in [1.82, 2.24) is 9.80 Å². The van der Waals surface area contributed by atoms with Gasteiger partial charge in [-0.15, -0.1) is 0 Å². The smallest absolute Gasteiger partial charge is 0.409 e. The number of ether oxygens (including phenoxy) is 2. The number of rotatable bonds is 5. The zero-order valence-electron chi connectivity index (χ0n) is 15.5. The van der Waals surface area contributed by atoms with Gasteiger partial charge >= 0.3 is 6.09 Å². The largest absolute Gasteiger partial charge is 0.448 e. The molecule has 0 unspecified atom stereocenters.